The van der Waals surface area contributed by atoms with Gasteiger partial charge in [0.2, 0.25) is 0 Å². The van der Waals surface area contributed by atoms with Gasteiger partial charge in [0.1, 0.15) is 0 Å². The molecule has 0 heterocycles. The highest BCUT2D eigenvalue weighted by Crippen LogP contribution is 2.54. The van der Waals surface area contributed by atoms with Gasteiger partial charge in [-0.15, -0.1) is 0 Å². The van der Waals surface area contributed by atoms with Gasteiger partial charge >= 0.3 is 0 Å². The van der Waals surface area contributed by atoms with Gasteiger partial charge in [-0.1, -0.05) is 33.1 Å². The molecule has 110 valence electrons. The fourth-order valence-electron chi connectivity index (χ4n) is 2.44. The molecular weight excluding hydrogens is 247 g/mol. The molecule has 0 spiro atoms. The van der Waals surface area contributed by atoms with Crippen molar-refractivity contribution in [3.05, 3.63) is 0 Å². The first-order valence-electron chi connectivity index (χ1n) is 7.44. The SMILES string of the molecule is CCCCC(CCO)P(=O)(CCCC)CCCO. The molecule has 0 aromatic heterocycles. The van der Waals surface area contributed by atoms with Crippen molar-refractivity contribution >= 4 is 7.14 Å². The summed E-state index contributed by atoms with van der Waals surface area (Å²) in [5.74, 6) is 0. The van der Waals surface area contributed by atoms with Crippen LogP contribution in [0.25, 0.3) is 0 Å². The molecular formula is C14H31O3P. The Hall–Kier alpha value is 0.150. The molecule has 3 nitrogen and oxygen atoms in total. The predicted octanol–water partition coefficient (Wildman–Crippen LogP) is 3.47. The third-order valence-corrected chi connectivity index (χ3v) is 7.60. The van der Waals surface area contributed by atoms with Gasteiger partial charge in [0.15, 0.2) is 0 Å². The van der Waals surface area contributed by atoms with Gasteiger partial charge < -0.3 is 14.8 Å². The Morgan fingerprint density at radius 3 is 2.00 bits per heavy atom. The van der Waals surface area contributed by atoms with Gasteiger partial charge in [0, 0.05) is 31.2 Å². The highest BCUT2D eigenvalue weighted by molar-refractivity contribution is 7.64. The molecule has 2 N–H and O–H groups in total. The van der Waals surface area contributed by atoms with E-state index in [0.29, 0.717) is 19.0 Å². The number of aliphatic hydroxyl groups excluding tert-OH is 2. The molecule has 0 saturated carbocycles. The first kappa shape index (κ1) is 18.1. The lowest BCUT2D eigenvalue weighted by atomic mass is 10.1. The Morgan fingerprint density at radius 2 is 1.50 bits per heavy atom. The van der Waals surface area contributed by atoms with E-state index in [0.717, 1.165) is 38.3 Å². The zero-order valence-electron chi connectivity index (χ0n) is 12.1. The van der Waals surface area contributed by atoms with E-state index in [2.05, 4.69) is 13.8 Å². The highest BCUT2D eigenvalue weighted by atomic mass is 31.2. The minimum atomic E-state index is -2.23. The lowest BCUT2D eigenvalue weighted by Gasteiger charge is -2.27. The summed E-state index contributed by atoms with van der Waals surface area (Å²) in [7, 11) is -2.23. The van der Waals surface area contributed by atoms with Gasteiger partial charge in [0.05, 0.1) is 7.14 Å². The Morgan fingerprint density at radius 1 is 0.889 bits per heavy atom. The maximum absolute atomic E-state index is 13.1. The second-order valence-electron chi connectivity index (χ2n) is 5.14. The van der Waals surface area contributed by atoms with Crippen LogP contribution in [0.3, 0.4) is 0 Å². The Balaban J connectivity index is 4.65. The van der Waals surface area contributed by atoms with Crippen LogP contribution >= 0.6 is 7.14 Å². The van der Waals surface area contributed by atoms with Crippen molar-refractivity contribution in [3.63, 3.8) is 0 Å². The molecule has 18 heavy (non-hydrogen) atoms. The molecule has 0 amide bonds. The first-order valence-corrected chi connectivity index (χ1v) is 9.58. The van der Waals surface area contributed by atoms with Crippen LogP contribution in [0.15, 0.2) is 0 Å². The van der Waals surface area contributed by atoms with Crippen LogP contribution in [-0.4, -0.2) is 41.4 Å². The van der Waals surface area contributed by atoms with Crippen LogP contribution in [0.1, 0.15) is 58.8 Å². The summed E-state index contributed by atoms with van der Waals surface area (Å²) < 4.78 is 13.1. The third-order valence-electron chi connectivity index (χ3n) is 3.60. The van der Waals surface area contributed by atoms with Crippen molar-refractivity contribution in [1.82, 2.24) is 0 Å². The van der Waals surface area contributed by atoms with Crippen LogP contribution in [0.5, 0.6) is 0 Å². The smallest absolute Gasteiger partial charge is 0.0908 e. The largest absolute Gasteiger partial charge is 0.396 e. The molecule has 2 unspecified atom stereocenters. The van der Waals surface area contributed by atoms with E-state index in [-0.39, 0.29) is 18.9 Å². The molecule has 0 aliphatic heterocycles. The van der Waals surface area contributed by atoms with Crippen molar-refractivity contribution in [2.45, 2.75) is 64.5 Å². The van der Waals surface area contributed by atoms with Gasteiger partial charge in [-0.05, 0) is 25.7 Å². The zero-order chi connectivity index (χ0) is 13.9. The number of unbranched alkanes of at least 4 members (excludes halogenated alkanes) is 2. The number of aliphatic hydroxyl groups is 2. The van der Waals surface area contributed by atoms with Crippen molar-refractivity contribution in [3.8, 4) is 0 Å². The van der Waals surface area contributed by atoms with E-state index in [1.54, 1.807) is 0 Å². The Kier molecular flexibility index (Phi) is 11.1. The Bertz CT molecular complexity index is 219. The van der Waals surface area contributed by atoms with Crippen LogP contribution in [0, 0.1) is 0 Å². The summed E-state index contributed by atoms with van der Waals surface area (Å²) in [4.78, 5) is 0. The van der Waals surface area contributed by atoms with Crippen molar-refractivity contribution < 1.29 is 14.8 Å². The quantitative estimate of drug-likeness (QED) is 0.537. The molecule has 0 fully saturated rings. The number of hydrogen-bond donors (Lipinski definition) is 2. The summed E-state index contributed by atoms with van der Waals surface area (Å²) in [6.45, 7) is 4.50. The standard InChI is InChI=1S/C14H31O3P/c1-3-5-8-14(9-11-16)18(17,12-6-4-2)13-7-10-15/h14-16H,3-13H2,1-2H3. The number of hydrogen-bond acceptors (Lipinski definition) is 3. The maximum atomic E-state index is 13.1. The fourth-order valence-corrected chi connectivity index (χ4v) is 6.17. The van der Waals surface area contributed by atoms with Crippen molar-refractivity contribution in [2.24, 2.45) is 0 Å². The average molecular weight is 278 g/mol. The van der Waals surface area contributed by atoms with Gasteiger partial charge in [-0.25, -0.2) is 0 Å². The van der Waals surface area contributed by atoms with E-state index >= 15 is 0 Å². The summed E-state index contributed by atoms with van der Waals surface area (Å²) >= 11 is 0. The molecule has 0 aromatic rings. The monoisotopic (exact) mass is 278 g/mol. The van der Waals surface area contributed by atoms with Crippen molar-refractivity contribution in [2.75, 3.05) is 25.5 Å². The van der Waals surface area contributed by atoms with Crippen LogP contribution in [0.4, 0.5) is 0 Å². The van der Waals surface area contributed by atoms with E-state index in [1.165, 1.54) is 0 Å². The maximum Gasteiger partial charge on any atom is 0.0908 e. The topological polar surface area (TPSA) is 57.5 Å². The molecule has 0 aliphatic carbocycles. The van der Waals surface area contributed by atoms with E-state index in [9.17, 15) is 9.67 Å². The van der Waals surface area contributed by atoms with E-state index in [1.807, 2.05) is 0 Å². The van der Waals surface area contributed by atoms with Crippen LogP contribution in [-0.2, 0) is 4.57 Å². The van der Waals surface area contributed by atoms with Crippen LogP contribution in [0.2, 0.25) is 0 Å². The lowest BCUT2D eigenvalue weighted by Crippen LogP contribution is -2.16. The molecule has 0 bridgehead atoms. The Labute approximate surface area is 112 Å². The summed E-state index contributed by atoms with van der Waals surface area (Å²) in [5.41, 5.74) is 0.167. The minimum Gasteiger partial charge on any atom is -0.396 e. The highest BCUT2D eigenvalue weighted by Gasteiger charge is 2.30. The predicted molar refractivity (Wildman–Crippen MR) is 79.0 cm³/mol. The fraction of sp³-hybridized carbons (Fsp3) is 1.00. The molecule has 0 radical (unpaired) electrons. The molecule has 2 atom stereocenters. The van der Waals surface area contributed by atoms with Gasteiger partial charge in [0.25, 0.3) is 0 Å². The van der Waals surface area contributed by atoms with Crippen molar-refractivity contribution in [1.29, 1.82) is 0 Å². The van der Waals surface area contributed by atoms with E-state index in [4.69, 9.17) is 5.11 Å². The van der Waals surface area contributed by atoms with E-state index < -0.39 is 7.14 Å². The van der Waals surface area contributed by atoms with Gasteiger partial charge in [-0.3, -0.25) is 0 Å². The molecule has 0 aromatic carbocycles. The van der Waals surface area contributed by atoms with Gasteiger partial charge in [-0.2, -0.15) is 0 Å². The summed E-state index contributed by atoms with van der Waals surface area (Å²) in [5, 5.41) is 18.2. The molecule has 0 aliphatic rings. The third kappa shape index (κ3) is 6.92. The molecule has 4 heteroatoms. The summed E-state index contributed by atoms with van der Waals surface area (Å²) in [6, 6.07) is 0. The molecule has 0 rings (SSSR count). The summed E-state index contributed by atoms with van der Waals surface area (Å²) in [6.07, 6.45) is 7.94. The second kappa shape index (κ2) is 11.0. The number of rotatable bonds is 12. The normalized spacial score (nSPS) is 16.4. The lowest BCUT2D eigenvalue weighted by molar-refractivity contribution is 0.281. The molecule has 0 saturated heterocycles. The first-order chi connectivity index (χ1) is 8.64. The second-order valence-corrected chi connectivity index (χ2v) is 8.67. The van der Waals surface area contributed by atoms with Crippen LogP contribution < -0.4 is 0 Å². The minimum absolute atomic E-state index is 0.121. The average Bonchev–Trinajstić information content (AvgIpc) is 2.38. The zero-order valence-corrected chi connectivity index (χ0v) is 13.0.